The van der Waals surface area contributed by atoms with Crippen LogP contribution in [0.3, 0.4) is 0 Å². The van der Waals surface area contributed by atoms with E-state index >= 15 is 0 Å². The van der Waals surface area contributed by atoms with Gasteiger partial charge in [0.2, 0.25) is 0 Å². The van der Waals surface area contributed by atoms with Gasteiger partial charge in [0.25, 0.3) is 0 Å². The fourth-order valence-electron chi connectivity index (χ4n) is 1.49. The van der Waals surface area contributed by atoms with Crippen LogP contribution in [0, 0.1) is 0 Å². The van der Waals surface area contributed by atoms with E-state index in [2.05, 4.69) is 6.92 Å². The zero-order valence-electron chi connectivity index (χ0n) is 6.52. The van der Waals surface area contributed by atoms with Gasteiger partial charge in [0, 0.05) is 6.42 Å². The third-order valence-corrected chi connectivity index (χ3v) is 1.97. The van der Waals surface area contributed by atoms with Gasteiger partial charge >= 0.3 is 0 Å². The van der Waals surface area contributed by atoms with Crippen molar-refractivity contribution < 1.29 is 4.84 Å². The standard InChI is InChI=1S/C8H15NO/c1-2-4-7-5-3-6-8(7)10-9/h2-6,9H2,1H3. The number of allylic oxidation sites excluding steroid dienone is 2. The Morgan fingerprint density at radius 1 is 1.50 bits per heavy atom. The first kappa shape index (κ1) is 7.61. The summed E-state index contributed by atoms with van der Waals surface area (Å²) in [4.78, 5) is 4.76. The molecule has 0 spiro atoms. The van der Waals surface area contributed by atoms with Gasteiger partial charge in [-0.3, -0.25) is 0 Å². The molecule has 0 radical (unpaired) electrons. The molecule has 58 valence electrons. The molecule has 0 aromatic carbocycles. The fourth-order valence-corrected chi connectivity index (χ4v) is 1.49. The van der Waals surface area contributed by atoms with Gasteiger partial charge in [0.05, 0.1) is 0 Å². The van der Waals surface area contributed by atoms with E-state index in [0.29, 0.717) is 0 Å². The summed E-state index contributed by atoms with van der Waals surface area (Å²) in [6, 6.07) is 0. The molecule has 0 heterocycles. The average molecular weight is 141 g/mol. The molecule has 2 N–H and O–H groups in total. The van der Waals surface area contributed by atoms with Crippen LogP contribution in [0.25, 0.3) is 0 Å². The molecule has 0 atom stereocenters. The van der Waals surface area contributed by atoms with Gasteiger partial charge in [-0.1, -0.05) is 13.3 Å². The monoisotopic (exact) mass is 141 g/mol. The van der Waals surface area contributed by atoms with Crippen LogP contribution in [0.4, 0.5) is 0 Å². The predicted octanol–water partition coefficient (Wildman–Crippen LogP) is 2.11. The molecule has 10 heavy (non-hydrogen) atoms. The second kappa shape index (κ2) is 3.62. The second-order valence-electron chi connectivity index (χ2n) is 2.75. The summed E-state index contributed by atoms with van der Waals surface area (Å²) >= 11 is 0. The second-order valence-corrected chi connectivity index (χ2v) is 2.75. The maximum Gasteiger partial charge on any atom is 0.123 e. The van der Waals surface area contributed by atoms with Crippen molar-refractivity contribution in [3.05, 3.63) is 11.3 Å². The van der Waals surface area contributed by atoms with Crippen molar-refractivity contribution in [1.82, 2.24) is 0 Å². The van der Waals surface area contributed by atoms with Gasteiger partial charge in [-0.25, -0.2) is 0 Å². The van der Waals surface area contributed by atoms with Crippen molar-refractivity contribution in [2.75, 3.05) is 0 Å². The van der Waals surface area contributed by atoms with Crippen LogP contribution in [0.5, 0.6) is 0 Å². The van der Waals surface area contributed by atoms with Crippen molar-refractivity contribution in [2.45, 2.75) is 39.0 Å². The van der Waals surface area contributed by atoms with E-state index in [-0.39, 0.29) is 0 Å². The maximum atomic E-state index is 5.10. The van der Waals surface area contributed by atoms with Crippen LogP contribution in [0.1, 0.15) is 39.0 Å². The van der Waals surface area contributed by atoms with Crippen molar-refractivity contribution in [3.63, 3.8) is 0 Å². The maximum absolute atomic E-state index is 5.10. The molecule has 1 aliphatic rings. The Morgan fingerprint density at radius 2 is 2.30 bits per heavy atom. The molecule has 2 nitrogen and oxygen atoms in total. The minimum Gasteiger partial charge on any atom is -0.416 e. The van der Waals surface area contributed by atoms with E-state index < -0.39 is 0 Å². The molecule has 0 unspecified atom stereocenters. The Morgan fingerprint density at radius 3 is 2.90 bits per heavy atom. The fraction of sp³-hybridized carbons (Fsp3) is 0.750. The minimum absolute atomic E-state index is 1.04. The van der Waals surface area contributed by atoms with E-state index in [1.807, 2.05) is 0 Å². The Bertz CT molecular complexity index is 140. The van der Waals surface area contributed by atoms with Gasteiger partial charge in [-0.2, -0.15) is 5.90 Å². The van der Waals surface area contributed by atoms with Crippen LogP contribution in [-0.4, -0.2) is 0 Å². The molecule has 0 bridgehead atoms. The first-order chi connectivity index (χ1) is 4.88. The summed E-state index contributed by atoms with van der Waals surface area (Å²) in [5.74, 6) is 6.14. The highest BCUT2D eigenvalue weighted by Gasteiger charge is 2.13. The number of hydrogen-bond donors (Lipinski definition) is 1. The van der Waals surface area contributed by atoms with Crippen LogP contribution in [0.15, 0.2) is 11.3 Å². The Hall–Kier alpha value is -0.500. The van der Waals surface area contributed by atoms with Crippen molar-refractivity contribution in [3.8, 4) is 0 Å². The molecule has 0 fully saturated rings. The van der Waals surface area contributed by atoms with E-state index in [9.17, 15) is 0 Å². The van der Waals surface area contributed by atoms with Gasteiger partial charge in [-0.05, 0) is 24.8 Å². The average Bonchev–Trinajstić information content (AvgIpc) is 2.36. The molecule has 2 heteroatoms. The third-order valence-electron chi connectivity index (χ3n) is 1.97. The highest BCUT2D eigenvalue weighted by Crippen LogP contribution is 2.28. The summed E-state index contributed by atoms with van der Waals surface area (Å²) in [7, 11) is 0. The van der Waals surface area contributed by atoms with E-state index in [1.165, 1.54) is 24.8 Å². The molecule has 1 aliphatic carbocycles. The summed E-state index contributed by atoms with van der Waals surface area (Å²) in [6.45, 7) is 2.18. The summed E-state index contributed by atoms with van der Waals surface area (Å²) in [5.41, 5.74) is 1.44. The first-order valence-corrected chi connectivity index (χ1v) is 3.96. The molecule has 0 saturated heterocycles. The summed E-state index contributed by atoms with van der Waals surface area (Å²) < 4.78 is 0. The molecule has 0 aromatic rings. The highest BCUT2D eigenvalue weighted by atomic mass is 16.6. The van der Waals surface area contributed by atoms with Crippen molar-refractivity contribution in [2.24, 2.45) is 5.90 Å². The van der Waals surface area contributed by atoms with Crippen LogP contribution in [0.2, 0.25) is 0 Å². The predicted molar refractivity (Wildman–Crippen MR) is 41.1 cm³/mol. The molecule has 0 saturated carbocycles. The lowest BCUT2D eigenvalue weighted by Gasteiger charge is -2.02. The summed E-state index contributed by atoms with van der Waals surface area (Å²) in [5, 5.41) is 0. The lowest BCUT2D eigenvalue weighted by molar-refractivity contribution is 0.211. The molecular weight excluding hydrogens is 126 g/mol. The van der Waals surface area contributed by atoms with Crippen LogP contribution < -0.4 is 5.90 Å². The van der Waals surface area contributed by atoms with E-state index in [1.54, 1.807) is 0 Å². The smallest absolute Gasteiger partial charge is 0.123 e. The van der Waals surface area contributed by atoms with Gasteiger partial charge in [0.1, 0.15) is 5.76 Å². The molecular formula is C8H15NO. The molecule has 0 amide bonds. The number of nitrogens with two attached hydrogens (primary N) is 1. The van der Waals surface area contributed by atoms with Crippen LogP contribution in [-0.2, 0) is 4.84 Å². The molecule has 0 aromatic heterocycles. The number of hydrogen-bond acceptors (Lipinski definition) is 2. The zero-order chi connectivity index (χ0) is 7.40. The van der Waals surface area contributed by atoms with Gasteiger partial charge in [-0.15, -0.1) is 0 Å². The van der Waals surface area contributed by atoms with E-state index in [0.717, 1.165) is 18.6 Å². The quantitative estimate of drug-likeness (QED) is 0.611. The van der Waals surface area contributed by atoms with Gasteiger partial charge in [0.15, 0.2) is 0 Å². The first-order valence-electron chi connectivity index (χ1n) is 3.96. The zero-order valence-corrected chi connectivity index (χ0v) is 6.52. The van der Waals surface area contributed by atoms with Crippen molar-refractivity contribution >= 4 is 0 Å². The number of rotatable bonds is 3. The third kappa shape index (κ3) is 1.51. The van der Waals surface area contributed by atoms with Gasteiger partial charge < -0.3 is 4.84 Å². The lowest BCUT2D eigenvalue weighted by Crippen LogP contribution is -1.98. The Balaban J connectivity index is 2.50. The Kier molecular flexibility index (Phi) is 2.75. The lowest BCUT2D eigenvalue weighted by atomic mass is 10.1. The largest absolute Gasteiger partial charge is 0.416 e. The topological polar surface area (TPSA) is 35.2 Å². The summed E-state index contributed by atoms with van der Waals surface area (Å²) in [6.07, 6.45) is 5.82. The van der Waals surface area contributed by atoms with E-state index in [4.69, 9.17) is 10.7 Å². The SMILES string of the molecule is CCCC1=C(ON)CCC1. The molecule has 0 aliphatic heterocycles. The Labute approximate surface area is 62.0 Å². The van der Waals surface area contributed by atoms with Crippen molar-refractivity contribution in [1.29, 1.82) is 0 Å². The highest BCUT2D eigenvalue weighted by molar-refractivity contribution is 5.13. The molecule has 1 rings (SSSR count). The minimum atomic E-state index is 1.04. The van der Waals surface area contributed by atoms with Crippen LogP contribution >= 0.6 is 0 Å². The normalized spacial score (nSPS) is 18.2.